The molecule has 2 aromatic heterocycles. The van der Waals surface area contributed by atoms with Crippen molar-refractivity contribution in [2.24, 2.45) is 5.92 Å². The Hall–Kier alpha value is -2.11. The van der Waals surface area contributed by atoms with Gasteiger partial charge < -0.3 is 10.6 Å². The molecule has 6 heteroatoms. The number of anilines is 2. The monoisotopic (exact) mass is 273 g/mol. The third-order valence-corrected chi connectivity index (χ3v) is 3.51. The first kappa shape index (κ1) is 12.9. The average molecular weight is 273 g/mol. The Labute approximate surface area is 117 Å². The van der Waals surface area contributed by atoms with Crippen molar-refractivity contribution in [3.8, 4) is 0 Å². The summed E-state index contributed by atoms with van der Waals surface area (Å²) in [5, 5.41) is 5.94. The predicted octanol–water partition coefficient (Wildman–Crippen LogP) is 2.24. The molecule has 6 nitrogen and oxygen atoms in total. The normalized spacial score (nSPS) is 14.8. The predicted molar refractivity (Wildman–Crippen MR) is 78.0 cm³/mol. The molecule has 1 fully saturated rings. The number of aromatic nitrogens is 3. The summed E-state index contributed by atoms with van der Waals surface area (Å²) in [4.78, 5) is 20.7. The lowest BCUT2D eigenvalue weighted by Gasteiger charge is -2.07. The van der Waals surface area contributed by atoms with E-state index in [2.05, 4.69) is 34.4 Å². The number of nitrogens with zero attached hydrogens (tertiary/aromatic N) is 3. The summed E-state index contributed by atoms with van der Waals surface area (Å²) in [5.74, 6) is 2.87. The van der Waals surface area contributed by atoms with Crippen molar-refractivity contribution >= 4 is 23.1 Å². The Morgan fingerprint density at radius 1 is 1.45 bits per heavy atom. The molecular formula is C14H19N5O. The molecule has 3 rings (SSSR count). The minimum Gasteiger partial charge on any atom is -0.371 e. The standard InChI is InChI=1S/C14H19N5O/c1-8(2)13-18-12(15-3)10-6-16-11(7-19(10)13)17-14(20)9-4-5-9/h6-9,15H,4-5H2,1-3H3,(H,17,20). The largest absolute Gasteiger partial charge is 0.371 e. The number of imidazole rings is 1. The lowest BCUT2D eigenvalue weighted by atomic mass is 10.2. The topological polar surface area (TPSA) is 71.3 Å². The molecule has 1 aliphatic carbocycles. The van der Waals surface area contributed by atoms with Crippen LogP contribution in [0.2, 0.25) is 0 Å². The molecule has 1 aliphatic rings. The minimum absolute atomic E-state index is 0.0666. The molecule has 2 aromatic rings. The number of carbonyl (C=O) groups excluding carboxylic acids is 1. The SMILES string of the molecule is CNc1nc(C(C)C)n2cc(NC(=O)C3CC3)ncc12. The van der Waals surface area contributed by atoms with Gasteiger partial charge in [-0.05, 0) is 12.8 Å². The van der Waals surface area contributed by atoms with Crippen LogP contribution in [0.25, 0.3) is 5.52 Å². The highest BCUT2D eigenvalue weighted by molar-refractivity contribution is 5.93. The maximum atomic E-state index is 11.8. The van der Waals surface area contributed by atoms with Gasteiger partial charge in [0, 0.05) is 18.9 Å². The zero-order valence-corrected chi connectivity index (χ0v) is 12.0. The van der Waals surface area contributed by atoms with Crippen LogP contribution in [0.5, 0.6) is 0 Å². The number of rotatable bonds is 4. The van der Waals surface area contributed by atoms with E-state index in [-0.39, 0.29) is 11.8 Å². The van der Waals surface area contributed by atoms with Gasteiger partial charge >= 0.3 is 0 Å². The average Bonchev–Trinajstić information content (AvgIpc) is 3.20. The first-order valence-electron chi connectivity index (χ1n) is 6.96. The number of hydrogen-bond donors (Lipinski definition) is 2. The smallest absolute Gasteiger partial charge is 0.228 e. The van der Waals surface area contributed by atoms with Gasteiger partial charge in [-0.3, -0.25) is 9.20 Å². The Morgan fingerprint density at radius 2 is 2.20 bits per heavy atom. The number of carbonyl (C=O) groups is 1. The van der Waals surface area contributed by atoms with E-state index in [1.165, 1.54) is 0 Å². The Balaban J connectivity index is 1.99. The zero-order valence-electron chi connectivity index (χ0n) is 12.0. The van der Waals surface area contributed by atoms with Crippen molar-refractivity contribution in [3.05, 3.63) is 18.2 Å². The van der Waals surface area contributed by atoms with Crippen LogP contribution in [-0.4, -0.2) is 27.3 Å². The van der Waals surface area contributed by atoms with Crippen LogP contribution in [0.3, 0.4) is 0 Å². The van der Waals surface area contributed by atoms with Gasteiger partial charge in [-0.25, -0.2) is 9.97 Å². The van der Waals surface area contributed by atoms with E-state index in [0.717, 1.165) is 30.0 Å². The lowest BCUT2D eigenvalue weighted by molar-refractivity contribution is -0.117. The van der Waals surface area contributed by atoms with E-state index in [0.29, 0.717) is 11.7 Å². The fourth-order valence-electron chi connectivity index (χ4n) is 2.24. The molecule has 106 valence electrons. The van der Waals surface area contributed by atoms with Crippen molar-refractivity contribution < 1.29 is 4.79 Å². The van der Waals surface area contributed by atoms with Gasteiger partial charge in [0.15, 0.2) is 5.82 Å². The molecule has 1 amide bonds. The summed E-state index contributed by atoms with van der Waals surface area (Å²) in [6, 6.07) is 0. The second kappa shape index (κ2) is 4.77. The van der Waals surface area contributed by atoms with E-state index < -0.39 is 0 Å². The molecule has 0 spiro atoms. The fraction of sp³-hybridized carbons (Fsp3) is 0.500. The van der Waals surface area contributed by atoms with Crippen molar-refractivity contribution in [3.63, 3.8) is 0 Å². The minimum atomic E-state index is 0.0666. The van der Waals surface area contributed by atoms with Crippen molar-refractivity contribution in [2.45, 2.75) is 32.6 Å². The van der Waals surface area contributed by atoms with E-state index in [1.54, 1.807) is 6.20 Å². The van der Waals surface area contributed by atoms with Crippen LogP contribution in [-0.2, 0) is 4.79 Å². The van der Waals surface area contributed by atoms with Crippen LogP contribution in [0, 0.1) is 5.92 Å². The first-order chi connectivity index (χ1) is 9.60. The highest BCUT2D eigenvalue weighted by Gasteiger charge is 2.30. The van der Waals surface area contributed by atoms with Crippen LogP contribution in [0.1, 0.15) is 38.4 Å². The van der Waals surface area contributed by atoms with Crippen molar-refractivity contribution in [1.82, 2.24) is 14.4 Å². The summed E-state index contributed by atoms with van der Waals surface area (Å²) >= 11 is 0. The van der Waals surface area contributed by atoms with Crippen LogP contribution in [0.4, 0.5) is 11.6 Å². The lowest BCUT2D eigenvalue weighted by Crippen LogP contribution is -2.15. The van der Waals surface area contributed by atoms with Crippen LogP contribution in [0.15, 0.2) is 12.4 Å². The van der Waals surface area contributed by atoms with Crippen molar-refractivity contribution in [2.75, 3.05) is 17.7 Å². The number of hydrogen-bond acceptors (Lipinski definition) is 4. The maximum Gasteiger partial charge on any atom is 0.228 e. The number of amides is 1. The second-order valence-corrected chi connectivity index (χ2v) is 5.51. The van der Waals surface area contributed by atoms with Crippen LogP contribution < -0.4 is 10.6 Å². The maximum absolute atomic E-state index is 11.8. The molecule has 0 bridgehead atoms. The van der Waals surface area contributed by atoms with E-state index in [4.69, 9.17) is 0 Å². The Morgan fingerprint density at radius 3 is 2.80 bits per heavy atom. The van der Waals surface area contributed by atoms with Crippen molar-refractivity contribution in [1.29, 1.82) is 0 Å². The highest BCUT2D eigenvalue weighted by Crippen LogP contribution is 2.30. The summed E-state index contributed by atoms with van der Waals surface area (Å²) in [6.07, 6.45) is 5.56. The van der Waals surface area contributed by atoms with E-state index in [1.807, 2.05) is 17.6 Å². The molecule has 20 heavy (non-hydrogen) atoms. The van der Waals surface area contributed by atoms with Gasteiger partial charge in [-0.2, -0.15) is 0 Å². The molecule has 0 aliphatic heterocycles. The quantitative estimate of drug-likeness (QED) is 0.896. The third kappa shape index (κ3) is 2.21. The number of fused-ring (bicyclic) bond motifs is 1. The fourth-order valence-corrected chi connectivity index (χ4v) is 2.24. The Bertz CT molecular complexity index is 657. The zero-order chi connectivity index (χ0) is 14.3. The molecule has 2 heterocycles. The molecule has 1 saturated carbocycles. The van der Waals surface area contributed by atoms with Gasteiger partial charge in [-0.15, -0.1) is 0 Å². The van der Waals surface area contributed by atoms with Crippen LogP contribution >= 0.6 is 0 Å². The van der Waals surface area contributed by atoms with Gasteiger partial charge in [0.2, 0.25) is 5.91 Å². The highest BCUT2D eigenvalue weighted by atomic mass is 16.2. The van der Waals surface area contributed by atoms with Gasteiger partial charge in [0.1, 0.15) is 17.2 Å². The van der Waals surface area contributed by atoms with Gasteiger partial charge in [-0.1, -0.05) is 13.8 Å². The molecular weight excluding hydrogens is 254 g/mol. The molecule has 0 saturated heterocycles. The summed E-state index contributed by atoms with van der Waals surface area (Å²) < 4.78 is 1.99. The third-order valence-electron chi connectivity index (χ3n) is 3.51. The second-order valence-electron chi connectivity index (χ2n) is 5.51. The summed E-state index contributed by atoms with van der Waals surface area (Å²) in [7, 11) is 1.84. The summed E-state index contributed by atoms with van der Waals surface area (Å²) in [5.41, 5.74) is 0.917. The molecule has 0 atom stereocenters. The van der Waals surface area contributed by atoms with E-state index >= 15 is 0 Å². The first-order valence-corrected chi connectivity index (χ1v) is 6.96. The summed E-state index contributed by atoms with van der Waals surface area (Å²) in [6.45, 7) is 4.19. The number of nitrogens with one attached hydrogen (secondary N) is 2. The molecule has 0 unspecified atom stereocenters. The van der Waals surface area contributed by atoms with Gasteiger partial charge in [0.05, 0.1) is 12.4 Å². The molecule has 0 radical (unpaired) electrons. The Kier molecular flexibility index (Phi) is 3.08. The van der Waals surface area contributed by atoms with Gasteiger partial charge in [0.25, 0.3) is 0 Å². The molecule has 0 aromatic carbocycles. The van der Waals surface area contributed by atoms with E-state index in [9.17, 15) is 4.79 Å². The molecule has 2 N–H and O–H groups in total.